The van der Waals surface area contributed by atoms with Crippen molar-refractivity contribution in [2.75, 3.05) is 18.2 Å². The lowest BCUT2D eigenvalue weighted by molar-refractivity contribution is 0.102. The van der Waals surface area contributed by atoms with E-state index in [0.29, 0.717) is 22.7 Å². The molecule has 0 bridgehead atoms. The van der Waals surface area contributed by atoms with Gasteiger partial charge in [-0.05, 0) is 42.8 Å². The average Bonchev–Trinajstić information content (AvgIpc) is 2.40. The van der Waals surface area contributed by atoms with E-state index in [-0.39, 0.29) is 5.56 Å². The Hall–Kier alpha value is -2.56. The summed E-state index contributed by atoms with van der Waals surface area (Å²) in [5.74, 6) is -0.300. The van der Waals surface area contributed by atoms with Gasteiger partial charge in [-0.3, -0.25) is 4.79 Å². The standard InChI is InChI=1S/C15H15FN2O2/c1-9-5-10(7-11(16)6-9)15(19)18-14-8-12(20-2)3-4-13(14)17/h3-8H,17H2,1-2H3,(H,18,19). The van der Waals surface area contributed by atoms with E-state index < -0.39 is 11.7 Å². The summed E-state index contributed by atoms with van der Waals surface area (Å²) in [6.07, 6.45) is 0. The molecule has 0 aliphatic heterocycles. The van der Waals surface area contributed by atoms with Crippen LogP contribution in [0.4, 0.5) is 15.8 Å². The number of anilines is 2. The Morgan fingerprint density at radius 3 is 2.65 bits per heavy atom. The molecule has 2 rings (SSSR count). The fraction of sp³-hybridized carbons (Fsp3) is 0.133. The summed E-state index contributed by atoms with van der Waals surface area (Å²) in [6, 6.07) is 9.08. The molecule has 2 aromatic rings. The Morgan fingerprint density at radius 2 is 2.00 bits per heavy atom. The molecule has 0 atom stereocenters. The van der Waals surface area contributed by atoms with Gasteiger partial charge in [-0.1, -0.05) is 0 Å². The maximum absolute atomic E-state index is 13.3. The van der Waals surface area contributed by atoms with Gasteiger partial charge < -0.3 is 15.8 Å². The first-order chi connectivity index (χ1) is 9.49. The molecule has 0 fully saturated rings. The van der Waals surface area contributed by atoms with Gasteiger partial charge in [0.2, 0.25) is 0 Å². The smallest absolute Gasteiger partial charge is 0.255 e. The van der Waals surface area contributed by atoms with Crippen LogP contribution in [0.15, 0.2) is 36.4 Å². The highest BCUT2D eigenvalue weighted by molar-refractivity contribution is 6.06. The van der Waals surface area contributed by atoms with E-state index in [2.05, 4.69) is 5.32 Å². The number of nitrogens with two attached hydrogens (primary N) is 1. The molecule has 0 saturated carbocycles. The van der Waals surface area contributed by atoms with Crippen LogP contribution in [-0.2, 0) is 0 Å². The van der Waals surface area contributed by atoms with Crippen molar-refractivity contribution in [3.8, 4) is 5.75 Å². The number of halogens is 1. The van der Waals surface area contributed by atoms with Gasteiger partial charge in [0, 0.05) is 11.6 Å². The number of carbonyl (C=O) groups excluding carboxylic acids is 1. The number of rotatable bonds is 3. The molecule has 3 N–H and O–H groups in total. The number of ether oxygens (including phenoxy) is 1. The SMILES string of the molecule is COc1ccc(N)c(NC(=O)c2cc(C)cc(F)c2)c1. The molecule has 1 amide bonds. The van der Waals surface area contributed by atoms with Crippen LogP contribution in [0.5, 0.6) is 5.75 Å². The van der Waals surface area contributed by atoms with E-state index in [4.69, 9.17) is 10.5 Å². The van der Waals surface area contributed by atoms with Gasteiger partial charge in [-0.25, -0.2) is 4.39 Å². The number of methoxy groups -OCH3 is 1. The largest absolute Gasteiger partial charge is 0.497 e. The molecule has 0 saturated heterocycles. The minimum Gasteiger partial charge on any atom is -0.497 e. The summed E-state index contributed by atoms with van der Waals surface area (Å²) in [5.41, 5.74) is 7.54. The van der Waals surface area contributed by atoms with Crippen molar-refractivity contribution in [2.45, 2.75) is 6.92 Å². The van der Waals surface area contributed by atoms with Gasteiger partial charge in [0.25, 0.3) is 5.91 Å². The zero-order chi connectivity index (χ0) is 14.7. The Morgan fingerprint density at radius 1 is 1.25 bits per heavy atom. The maximum Gasteiger partial charge on any atom is 0.255 e. The first kappa shape index (κ1) is 13.9. The van der Waals surface area contributed by atoms with Crippen molar-refractivity contribution in [1.82, 2.24) is 0 Å². The van der Waals surface area contributed by atoms with Crippen LogP contribution in [-0.4, -0.2) is 13.0 Å². The molecule has 0 aliphatic carbocycles. The van der Waals surface area contributed by atoms with E-state index in [0.717, 1.165) is 0 Å². The number of nitrogen functional groups attached to an aromatic ring is 1. The van der Waals surface area contributed by atoms with Crippen molar-refractivity contribution >= 4 is 17.3 Å². The molecule has 0 aliphatic rings. The van der Waals surface area contributed by atoms with Crippen LogP contribution in [0.1, 0.15) is 15.9 Å². The lowest BCUT2D eigenvalue weighted by Crippen LogP contribution is -2.13. The van der Waals surface area contributed by atoms with Crippen LogP contribution >= 0.6 is 0 Å². The third-order valence-corrected chi connectivity index (χ3v) is 2.81. The highest BCUT2D eigenvalue weighted by Crippen LogP contribution is 2.25. The fourth-order valence-corrected chi connectivity index (χ4v) is 1.83. The van der Waals surface area contributed by atoms with Gasteiger partial charge >= 0.3 is 0 Å². The number of nitrogens with one attached hydrogen (secondary N) is 1. The quantitative estimate of drug-likeness (QED) is 0.846. The van der Waals surface area contributed by atoms with Gasteiger partial charge in [0.1, 0.15) is 11.6 Å². The summed E-state index contributed by atoms with van der Waals surface area (Å²) in [7, 11) is 1.52. The van der Waals surface area contributed by atoms with Crippen molar-refractivity contribution < 1.29 is 13.9 Å². The summed E-state index contributed by atoms with van der Waals surface area (Å²) in [4.78, 5) is 12.1. The Bertz CT molecular complexity index is 636. The first-order valence-electron chi connectivity index (χ1n) is 6.01. The molecular weight excluding hydrogens is 259 g/mol. The summed E-state index contributed by atoms with van der Waals surface area (Å²) < 4.78 is 18.4. The topological polar surface area (TPSA) is 64.3 Å². The molecular formula is C15H15FN2O2. The molecule has 0 aromatic heterocycles. The van der Waals surface area contributed by atoms with E-state index in [1.54, 1.807) is 31.2 Å². The molecule has 5 heteroatoms. The zero-order valence-corrected chi connectivity index (χ0v) is 11.2. The second kappa shape index (κ2) is 5.61. The molecule has 2 aromatic carbocycles. The van der Waals surface area contributed by atoms with Crippen molar-refractivity contribution in [3.05, 3.63) is 53.3 Å². The van der Waals surface area contributed by atoms with Crippen LogP contribution in [0, 0.1) is 12.7 Å². The highest BCUT2D eigenvalue weighted by atomic mass is 19.1. The minimum absolute atomic E-state index is 0.240. The van der Waals surface area contributed by atoms with Crippen LogP contribution in [0.25, 0.3) is 0 Å². The molecule has 20 heavy (non-hydrogen) atoms. The second-order valence-electron chi connectivity index (χ2n) is 4.42. The summed E-state index contributed by atoms with van der Waals surface area (Å²) in [6.45, 7) is 1.72. The lowest BCUT2D eigenvalue weighted by Gasteiger charge is -2.10. The summed E-state index contributed by atoms with van der Waals surface area (Å²) >= 11 is 0. The second-order valence-corrected chi connectivity index (χ2v) is 4.42. The number of benzene rings is 2. The Labute approximate surface area is 116 Å². The highest BCUT2D eigenvalue weighted by Gasteiger charge is 2.10. The number of amides is 1. The molecule has 0 unspecified atom stereocenters. The third-order valence-electron chi connectivity index (χ3n) is 2.81. The minimum atomic E-state index is -0.450. The van der Waals surface area contributed by atoms with Crippen molar-refractivity contribution in [1.29, 1.82) is 0 Å². The van der Waals surface area contributed by atoms with E-state index in [1.807, 2.05) is 0 Å². The van der Waals surface area contributed by atoms with Crippen LogP contribution < -0.4 is 15.8 Å². The normalized spacial score (nSPS) is 10.2. The maximum atomic E-state index is 13.3. The van der Waals surface area contributed by atoms with Gasteiger partial charge in [0.15, 0.2) is 0 Å². The monoisotopic (exact) mass is 274 g/mol. The van der Waals surface area contributed by atoms with Crippen LogP contribution in [0.3, 0.4) is 0 Å². The van der Waals surface area contributed by atoms with Crippen molar-refractivity contribution in [2.24, 2.45) is 0 Å². The predicted octanol–water partition coefficient (Wildman–Crippen LogP) is 2.98. The third kappa shape index (κ3) is 3.06. The Balaban J connectivity index is 2.27. The predicted molar refractivity (Wildman–Crippen MR) is 76.5 cm³/mol. The molecule has 0 spiro atoms. The molecule has 0 radical (unpaired) electrons. The summed E-state index contributed by atoms with van der Waals surface area (Å²) in [5, 5.41) is 2.65. The van der Waals surface area contributed by atoms with E-state index in [1.165, 1.54) is 19.2 Å². The number of hydrogen-bond acceptors (Lipinski definition) is 3. The molecule has 4 nitrogen and oxygen atoms in total. The van der Waals surface area contributed by atoms with Gasteiger partial charge in [0.05, 0.1) is 18.5 Å². The Kier molecular flexibility index (Phi) is 3.89. The zero-order valence-electron chi connectivity index (χ0n) is 11.2. The van der Waals surface area contributed by atoms with Gasteiger partial charge in [-0.15, -0.1) is 0 Å². The van der Waals surface area contributed by atoms with E-state index in [9.17, 15) is 9.18 Å². The number of hydrogen-bond donors (Lipinski definition) is 2. The van der Waals surface area contributed by atoms with Crippen molar-refractivity contribution in [3.63, 3.8) is 0 Å². The fourth-order valence-electron chi connectivity index (χ4n) is 1.83. The van der Waals surface area contributed by atoms with E-state index >= 15 is 0 Å². The number of carbonyl (C=O) groups is 1. The number of aryl methyl sites for hydroxylation is 1. The first-order valence-corrected chi connectivity index (χ1v) is 6.01. The lowest BCUT2D eigenvalue weighted by atomic mass is 10.1. The average molecular weight is 274 g/mol. The molecule has 0 heterocycles. The van der Waals surface area contributed by atoms with Crippen LogP contribution in [0.2, 0.25) is 0 Å². The van der Waals surface area contributed by atoms with Gasteiger partial charge in [-0.2, -0.15) is 0 Å². The molecule has 104 valence electrons.